The van der Waals surface area contributed by atoms with Crippen LogP contribution in [0.4, 0.5) is 0 Å². The summed E-state index contributed by atoms with van der Waals surface area (Å²) in [6, 6.07) is 42.4. The van der Waals surface area contributed by atoms with E-state index in [0.29, 0.717) is 0 Å². The molecule has 0 saturated carbocycles. The van der Waals surface area contributed by atoms with Crippen molar-refractivity contribution < 1.29 is 9.15 Å². The number of furan rings is 1. The molecule has 2 atom stereocenters. The molecule has 0 saturated heterocycles. The SMILES string of the molecule is Cc1cc(C)c(-c2cccc3c2OC2C(c4ccc5[nH]c6ccc(-c7cccc8c7oc7c(-c9c(C)cc(C)cc9C)cccc78)cc6c5c4)=CC=CC32)c(C)c1. The molecule has 57 heavy (non-hydrogen) atoms. The largest absolute Gasteiger partial charge is 0.484 e. The summed E-state index contributed by atoms with van der Waals surface area (Å²) in [5, 5.41) is 4.66. The Morgan fingerprint density at radius 1 is 0.509 bits per heavy atom. The molecule has 11 rings (SSSR count). The smallest absolute Gasteiger partial charge is 0.143 e. The number of H-pyrrole nitrogens is 1. The zero-order valence-electron chi connectivity index (χ0n) is 33.2. The highest BCUT2D eigenvalue weighted by Crippen LogP contribution is 2.51. The van der Waals surface area contributed by atoms with Crippen LogP contribution in [0.25, 0.3) is 82.7 Å². The van der Waals surface area contributed by atoms with Crippen LogP contribution in [0.2, 0.25) is 0 Å². The maximum Gasteiger partial charge on any atom is 0.143 e. The molecule has 0 bridgehead atoms. The topological polar surface area (TPSA) is 38.2 Å². The number of aromatic nitrogens is 1. The fourth-order valence-electron chi connectivity index (χ4n) is 10.3. The van der Waals surface area contributed by atoms with Crippen molar-refractivity contribution in [1.29, 1.82) is 0 Å². The van der Waals surface area contributed by atoms with Gasteiger partial charge < -0.3 is 14.1 Å². The van der Waals surface area contributed by atoms with Gasteiger partial charge in [-0.05, 0) is 110 Å². The Bertz CT molecular complexity index is 3190. The molecule has 276 valence electrons. The number of para-hydroxylation sites is 3. The van der Waals surface area contributed by atoms with Crippen molar-refractivity contribution in [2.75, 3.05) is 0 Å². The number of allylic oxidation sites excluding steroid dienone is 2. The van der Waals surface area contributed by atoms with Crippen molar-refractivity contribution in [2.45, 2.75) is 53.6 Å². The Hall–Kier alpha value is -6.58. The summed E-state index contributed by atoms with van der Waals surface area (Å²) < 4.78 is 14.0. The number of nitrogens with one attached hydrogen (secondary N) is 1. The summed E-state index contributed by atoms with van der Waals surface area (Å²) in [6.45, 7) is 13.2. The lowest BCUT2D eigenvalue weighted by Crippen LogP contribution is -2.21. The lowest BCUT2D eigenvalue weighted by Gasteiger charge is -2.23. The van der Waals surface area contributed by atoms with Crippen LogP contribution in [-0.2, 0) is 0 Å². The summed E-state index contributed by atoms with van der Waals surface area (Å²) in [4.78, 5) is 3.70. The summed E-state index contributed by atoms with van der Waals surface area (Å²) in [6.07, 6.45) is 6.66. The third-order valence-corrected chi connectivity index (χ3v) is 12.5. The zero-order valence-corrected chi connectivity index (χ0v) is 33.2. The molecule has 3 nitrogen and oxygen atoms in total. The minimum absolute atomic E-state index is 0.0986. The molecule has 2 aliphatic rings. The van der Waals surface area contributed by atoms with E-state index in [0.717, 1.165) is 55.4 Å². The highest BCUT2D eigenvalue weighted by Gasteiger charge is 2.39. The van der Waals surface area contributed by atoms with E-state index in [1.165, 1.54) is 77.5 Å². The summed E-state index contributed by atoms with van der Waals surface area (Å²) >= 11 is 0. The number of fused-ring (bicyclic) bond motifs is 9. The van der Waals surface area contributed by atoms with Gasteiger partial charge in [0.2, 0.25) is 0 Å². The van der Waals surface area contributed by atoms with E-state index in [2.05, 4.69) is 180 Å². The van der Waals surface area contributed by atoms with Gasteiger partial charge in [-0.1, -0.05) is 120 Å². The van der Waals surface area contributed by atoms with E-state index < -0.39 is 0 Å². The molecular weight excluding hydrogens is 695 g/mol. The van der Waals surface area contributed by atoms with Crippen LogP contribution in [0.3, 0.4) is 0 Å². The predicted molar refractivity (Wildman–Crippen MR) is 239 cm³/mol. The first-order valence-electron chi connectivity index (χ1n) is 20.1. The van der Waals surface area contributed by atoms with Gasteiger partial charge in [-0.15, -0.1) is 0 Å². The van der Waals surface area contributed by atoms with Gasteiger partial charge in [0.25, 0.3) is 0 Å². The van der Waals surface area contributed by atoms with Crippen LogP contribution in [0.1, 0.15) is 50.4 Å². The molecule has 2 aromatic heterocycles. The third kappa shape index (κ3) is 5.11. The van der Waals surface area contributed by atoms with Gasteiger partial charge in [0.15, 0.2) is 0 Å². The first-order valence-corrected chi connectivity index (χ1v) is 20.1. The van der Waals surface area contributed by atoms with E-state index in [1.54, 1.807) is 0 Å². The zero-order chi connectivity index (χ0) is 38.7. The maximum atomic E-state index is 7.04. The van der Waals surface area contributed by atoms with Gasteiger partial charge in [0.05, 0.1) is 0 Å². The molecule has 2 unspecified atom stereocenters. The van der Waals surface area contributed by atoms with Gasteiger partial charge in [-0.25, -0.2) is 0 Å². The van der Waals surface area contributed by atoms with E-state index in [9.17, 15) is 0 Å². The van der Waals surface area contributed by atoms with Crippen molar-refractivity contribution >= 4 is 49.3 Å². The Morgan fingerprint density at radius 3 is 1.72 bits per heavy atom. The highest BCUT2D eigenvalue weighted by atomic mass is 16.5. The monoisotopic (exact) mass is 737 g/mol. The van der Waals surface area contributed by atoms with Gasteiger partial charge >= 0.3 is 0 Å². The number of benzene rings is 7. The molecular formula is C54H43NO2. The van der Waals surface area contributed by atoms with Gasteiger partial charge in [-0.3, -0.25) is 0 Å². The van der Waals surface area contributed by atoms with Gasteiger partial charge in [0.1, 0.15) is 23.0 Å². The minimum Gasteiger partial charge on any atom is -0.484 e. The van der Waals surface area contributed by atoms with Crippen LogP contribution in [-0.4, -0.2) is 11.1 Å². The molecule has 9 aromatic rings. The normalized spacial score (nSPS) is 16.1. The molecule has 1 N–H and O–H groups in total. The third-order valence-electron chi connectivity index (χ3n) is 12.5. The molecule has 1 aliphatic heterocycles. The van der Waals surface area contributed by atoms with Crippen molar-refractivity contribution in [3.05, 3.63) is 178 Å². The van der Waals surface area contributed by atoms with Crippen LogP contribution >= 0.6 is 0 Å². The molecule has 0 radical (unpaired) electrons. The Kier molecular flexibility index (Phi) is 7.38. The first kappa shape index (κ1) is 33.7. The van der Waals surface area contributed by atoms with Crippen LogP contribution in [0, 0.1) is 41.5 Å². The number of aryl methyl sites for hydroxylation is 6. The van der Waals surface area contributed by atoms with Crippen LogP contribution in [0.5, 0.6) is 5.75 Å². The second kappa shape index (κ2) is 12.5. The lowest BCUT2D eigenvalue weighted by molar-refractivity contribution is 0.279. The standard InChI is InChI=1S/C54H43NO2/c1-29-23-31(3)49(32(4)24-29)43-17-9-15-41-39-13-7-11-37(51(39)56-53(41)43)35-19-21-47-45(27-35)46-28-36(20-22-48(46)55-47)38-12-8-14-40-42-16-10-18-44(54(42)57-52(38)40)50-33(5)25-30(2)26-34(50)6/h7-28,39,51,55H,1-6H3. The highest BCUT2D eigenvalue weighted by molar-refractivity contribution is 6.15. The van der Waals surface area contributed by atoms with Crippen molar-refractivity contribution in [3.63, 3.8) is 0 Å². The second-order valence-corrected chi connectivity index (χ2v) is 16.5. The first-order chi connectivity index (χ1) is 27.7. The quantitative estimate of drug-likeness (QED) is 0.195. The fourth-order valence-corrected chi connectivity index (χ4v) is 10.3. The lowest BCUT2D eigenvalue weighted by atomic mass is 9.83. The van der Waals surface area contributed by atoms with Gasteiger partial charge in [0, 0.05) is 66.3 Å². The number of ether oxygens (including phenoxy) is 1. The molecule has 0 amide bonds. The average Bonchev–Trinajstić information content (AvgIpc) is 3.89. The average molecular weight is 738 g/mol. The Balaban J connectivity index is 0.999. The number of hydrogen-bond acceptors (Lipinski definition) is 2. The van der Waals surface area contributed by atoms with Crippen molar-refractivity contribution in [2.24, 2.45) is 0 Å². The molecule has 0 fully saturated rings. The van der Waals surface area contributed by atoms with E-state index in [1.807, 2.05) is 0 Å². The van der Waals surface area contributed by atoms with Crippen molar-refractivity contribution in [1.82, 2.24) is 4.98 Å². The molecule has 3 heterocycles. The van der Waals surface area contributed by atoms with Gasteiger partial charge in [-0.2, -0.15) is 0 Å². The van der Waals surface area contributed by atoms with Crippen molar-refractivity contribution in [3.8, 4) is 39.1 Å². The van der Waals surface area contributed by atoms with Crippen LogP contribution < -0.4 is 4.74 Å². The number of aromatic amines is 1. The Labute approximate surface area is 332 Å². The van der Waals surface area contributed by atoms with E-state index in [4.69, 9.17) is 9.15 Å². The summed E-state index contributed by atoms with van der Waals surface area (Å²) in [7, 11) is 0. The minimum atomic E-state index is -0.0986. The summed E-state index contributed by atoms with van der Waals surface area (Å²) in [5.74, 6) is 1.16. The molecule has 3 heteroatoms. The summed E-state index contributed by atoms with van der Waals surface area (Å²) in [5.41, 5.74) is 22.5. The molecule has 1 aliphatic carbocycles. The second-order valence-electron chi connectivity index (χ2n) is 16.5. The van der Waals surface area contributed by atoms with E-state index in [-0.39, 0.29) is 12.0 Å². The molecule has 7 aromatic carbocycles. The van der Waals surface area contributed by atoms with Crippen LogP contribution in [0.15, 0.2) is 138 Å². The number of rotatable bonds is 4. The fraction of sp³-hybridized carbons (Fsp3) is 0.148. The van der Waals surface area contributed by atoms with E-state index >= 15 is 0 Å². The Morgan fingerprint density at radius 2 is 1.05 bits per heavy atom. The number of hydrogen-bond donors (Lipinski definition) is 1. The molecule has 0 spiro atoms. The maximum absolute atomic E-state index is 7.04. The predicted octanol–water partition coefficient (Wildman–Crippen LogP) is 14.6.